The summed E-state index contributed by atoms with van der Waals surface area (Å²) in [5.41, 5.74) is 3.97. The van der Waals surface area contributed by atoms with Gasteiger partial charge in [0.1, 0.15) is 13.2 Å². The molecule has 36 heavy (non-hydrogen) atoms. The second-order valence-corrected chi connectivity index (χ2v) is 10.8. The molecule has 3 aromatic rings. The van der Waals surface area contributed by atoms with Gasteiger partial charge in [0.25, 0.3) is 15.9 Å². The van der Waals surface area contributed by atoms with Crippen molar-refractivity contribution in [3.05, 3.63) is 59.3 Å². The number of aromatic nitrogens is 2. The van der Waals surface area contributed by atoms with Crippen LogP contribution in [0.3, 0.4) is 0 Å². The van der Waals surface area contributed by atoms with Crippen molar-refractivity contribution >= 4 is 27.3 Å². The van der Waals surface area contributed by atoms with Crippen LogP contribution in [0.4, 0.5) is 11.4 Å². The summed E-state index contributed by atoms with van der Waals surface area (Å²) in [5.74, 6) is 0.566. The number of nitrogens with one attached hydrogen (secondary N) is 1. The second kappa shape index (κ2) is 9.47. The number of carbonyl (C=O) groups excluding carboxylic acids is 1. The molecular weight excluding hydrogens is 482 g/mol. The molecule has 2 aliphatic heterocycles. The number of carbonyl (C=O) groups is 1. The Hall–Kier alpha value is -3.57. The molecule has 190 valence electrons. The van der Waals surface area contributed by atoms with Gasteiger partial charge in [0.2, 0.25) is 5.03 Å². The molecule has 1 N–H and O–H groups in total. The predicted octanol–water partition coefficient (Wildman–Crippen LogP) is 2.57. The number of fused-ring (bicyclic) bond motifs is 1. The molecule has 5 rings (SSSR count). The number of anilines is 2. The van der Waals surface area contributed by atoms with Crippen molar-refractivity contribution in [1.29, 1.82) is 0 Å². The number of piperazine rings is 1. The standard InChI is InChI=1S/C25H29N5O5S/c1-17-5-4-6-21(18(17)2)29-9-11-30(12-10-29)36(32,33)25-20(16-28(3)27-25)24(31)26-19-7-8-22-23(15-19)35-14-13-34-22/h4-8,15-16H,9-14H2,1-3H3,(H,26,31). The predicted molar refractivity (Wildman–Crippen MR) is 135 cm³/mol. The van der Waals surface area contributed by atoms with Crippen LogP contribution in [0.25, 0.3) is 0 Å². The van der Waals surface area contributed by atoms with Gasteiger partial charge < -0.3 is 19.7 Å². The third-order valence-corrected chi connectivity index (χ3v) is 8.41. The van der Waals surface area contributed by atoms with Crippen LogP contribution in [0.15, 0.2) is 47.6 Å². The molecule has 0 atom stereocenters. The van der Waals surface area contributed by atoms with E-state index in [2.05, 4.69) is 41.3 Å². The summed E-state index contributed by atoms with van der Waals surface area (Å²) in [7, 11) is -2.38. The largest absolute Gasteiger partial charge is 0.486 e. The molecule has 1 fully saturated rings. The highest BCUT2D eigenvalue weighted by Gasteiger charge is 2.35. The van der Waals surface area contributed by atoms with Crippen LogP contribution < -0.4 is 19.7 Å². The molecule has 1 aromatic heterocycles. The number of ether oxygens (including phenoxy) is 2. The first-order chi connectivity index (χ1) is 17.2. The molecule has 0 saturated carbocycles. The minimum Gasteiger partial charge on any atom is -0.486 e. The Morgan fingerprint density at radius 3 is 2.47 bits per heavy atom. The maximum atomic E-state index is 13.5. The minimum atomic E-state index is -3.98. The van der Waals surface area contributed by atoms with E-state index in [1.54, 1.807) is 25.2 Å². The summed E-state index contributed by atoms with van der Waals surface area (Å²) < 4.78 is 40.9. The molecule has 10 nitrogen and oxygen atoms in total. The Bertz CT molecular complexity index is 1410. The third kappa shape index (κ3) is 4.51. The maximum Gasteiger partial charge on any atom is 0.263 e. The zero-order valence-corrected chi connectivity index (χ0v) is 21.3. The summed E-state index contributed by atoms with van der Waals surface area (Å²) in [5, 5.41) is 6.67. The van der Waals surface area contributed by atoms with E-state index in [9.17, 15) is 13.2 Å². The number of benzene rings is 2. The highest BCUT2D eigenvalue weighted by molar-refractivity contribution is 7.89. The maximum absolute atomic E-state index is 13.5. The molecule has 2 aliphatic rings. The fourth-order valence-electron chi connectivity index (χ4n) is 4.50. The van der Waals surface area contributed by atoms with Gasteiger partial charge in [-0.25, -0.2) is 8.42 Å². The normalized spacial score (nSPS) is 16.1. The van der Waals surface area contributed by atoms with Crippen molar-refractivity contribution in [3.63, 3.8) is 0 Å². The van der Waals surface area contributed by atoms with Crippen molar-refractivity contribution in [2.45, 2.75) is 18.9 Å². The van der Waals surface area contributed by atoms with E-state index in [0.717, 1.165) is 5.69 Å². The number of amides is 1. The smallest absolute Gasteiger partial charge is 0.263 e. The van der Waals surface area contributed by atoms with Gasteiger partial charge in [-0.3, -0.25) is 9.48 Å². The first-order valence-electron chi connectivity index (χ1n) is 11.8. The van der Waals surface area contributed by atoms with E-state index in [-0.39, 0.29) is 10.6 Å². The summed E-state index contributed by atoms with van der Waals surface area (Å²) in [6.45, 7) is 6.74. The third-order valence-electron chi connectivity index (χ3n) is 6.58. The first kappa shape index (κ1) is 24.1. The molecule has 3 heterocycles. The van der Waals surface area contributed by atoms with Gasteiger partial charge in [0.05, 0.1) is 5.56 Å². The number of nitrogens with zero attached hydrogens (tertiary/aromatic N) is 4. The van der Waals surface area contributed by atoms with Gasteiger partial charge in [0, 0.05) is 56.9 Å². The zero-order valence-electron chi connectivity index (χ0n) is 20.5. The average Bonchev–Trinajstić information content (AvgIpc) is 3.28. The molecule has 0 bridgehead atoms. The van der Waals surface area contributed by atoms with Crippen molar-refractivity contribution in [3.8, 4) is 11.5 Å². The van der Waals surface area contributed by atoms with Crippen LogP contribution in [0.5, 0.6) is 11.5 Å². The van der Waals surface area contributed by atoms with Gasteiger partial charge >= 0.3 is 0 Å². The lowest BCUT2D eigenvalue weighted by Gasteiger charge is -2.36. The molecule has 2 aromatic carbocycles. The Morgan fingerprint density at radius 1 is 1.00 bits per heavy atom. The van der Waals surface area contributed by atoms with E-state index < -0.39 is 15.9 Å². The lowest BCUT2D eigenvalue weighted by molar-refractivity contribution is 0.102. The fourth-order valence-corrected chi connectivity index (χ4v) is 6.05. The van der Waals surface area contributed by atoms with E-state index in [0.29, 0.717) is 56.6 Å². The second-order valence-electron chi connectivity index (χ2n) is 8.94. The average molecular weight is 512 g/mol. The Morgan fingerprint density at radius 2 is 1.72 bits per heavy atom. The minimum absolute atomic E-state index is 0.00986. The van der Waals surface area contributed by atoms with Gasteiger partial charge in [-0.1, -0.05) is 12.1 Å². The molecule has 11 heteroatoms. The van der Waals surface area contributed by atoms with Crippen molar-refractivity contribution in [2.24, 2.45) is 7.05 Å². The number of sulfonamides is 1. The lowest BCUT2D eigenvalue weighted by atomic mass is 10.1. The van der Waals surface area contributed by atoms with E-state index in [4.69, 9.17) is 9.47 Å². The van der Waals surface area contributed by atoms with Gasteiger partial charge in [-0.2, -0.15) is 9.40 Å². The summed E-state index contributed by atoms with van der Waals surface area (Å²) in [4.78, 5) is 15.3. The highest BCUT2D eigenvalue weighted by Crippen LogP contribution is 2.33. The lowest BCUT2D eigenvalue weighted by Crippen LogP contribution is -2.49. The number of hydrogen-bond acceptors (Lipinski definition) is 7. The van der Waals surface area contributed by atoms with Crippen LogP contribution in [0.2, 0.25) is 0 Å². The number of hydrogen-bond donors (Lipinski definition) is 1. The zero-order chi connectivity index (χ0) is 25.4. The molecule has 0 radical (unpaired) electrons. The van der Waals surface area contributed by atoms with Gasteiger partial charge in [0.15, 0.2) is 11.5 Å². The Balaban J connectivity index is 1.33. The Kier molecular flexibility index (Phi) is 6.35. The molecule has 0 spiro atoms. The monoisotopic (exact) mass is 511 g/mol. The quantitative estimate of drug-likeness (QED) is 0.561. The molecule has 0 unspecified atom stereocenters. The molecular formula is C25H29N5O5S. The van der Waals surface area contributed by atoms with Gasteiger partial charge in [-0.15, -0.1) is 0 Å². The van der Waals surface area contributed by atoms with Crippen molar-refractivity contribution in [2.75, 3.05) is 49.6 Å². The van der Waals surface area contributed by atoms with Crippen LogP contribution in [0, 0.1) is 13.8 Å². The molecule has 1 saturated heterocycles. The summed E-state index contributed by atoms with van der Waals surface area (Å²) in [6, 6.07) is 11.2. The topological polar surface area (TPSA) is 106 Å². The SMILES string of the molecule is Cc1cccc(N2CCN(S(=O)(=O)c3nn(C)cc3C(=O)Nc3ccc4c(c3)OCCO4)CC2)c1C. The van der Waals surface area contributed by atoms with Crippen LogP contribution in [-0.2, 0) is 17.1 Å². The highest BCUT2D eigenvalue weighted by atomic mass is 32.2. The van der Waals surface area contributed by atoms with E-state index >= 15 is 0 Å². The van der Waals surface area contributed by atoms with Crippen LogP contribution in [-0.4, -0.2) is 67.8 Å². The van der Waals surface area contributed by atoms with Crippen molar-refractivity contribution < 1.29 is 22.7 Å². The van der Waals surface area contributed by atoms with Crippen molar-refractivity contribution in [1.82, 2.24) is 14.1 Å². The summed E-state index contributed by atoms with van der Waals surface area (Å²) >= 11 is 0. The fraction of sp³-hybridized carbons (Fsp3) is 0.360. The van der Waals surface area contributed by atoms with Gasteiger partial charge in [-0.05, 0) is 43.2 Å². The van der Waals surface area contributed by atoms with Crippen LogP contribution >= 0.6 is 0 Å². The van der Waals surface area contributed by atoms with Crippen LogP contribution in [0.1, 0.15) is 21.5 Å². The molecule has 1 amide bonds. The summed E-state index contributed by atoms with van der Waals surface area (Å²) in [6.07, 6.45) is 1.42. The first-order valence-corrected chi connectivity index (χ1v) is 13.2. The molecule has 0 aliphatic carbocycles. The van der Waals surface area contributed by atoms with E-state index in [1.165, 1.54) is 26.3 Å². The number of aryl methyl sites for hydroxylation is 2. The van der Waals surface area contributed by atoms with E-state index in [1.807, 2.05) is 6.07 Å². The Labute approximate surface area is 210 Å². The number of rotatable bonds is 5.